The maximum Gasteiger partial charge on any atom is 0.0775 e. The van der Waals surface area contributed by atoms with Gasteiger partial charge in [0.2, 0.25) is 0 Å². The summed E-state index contributed by atoms with van der Waals surface area (Å²) in [6, 6.07) is 18.8. The second kappa shape index (κ2) is 6.31. The SMILES string of the molecule is Clc1ccccc1[C@H]1c2[nH]c3ccccc3c2CCN1Cc1ccn[nH]1. The molecule has 0 spiro atoms. The molecular weight excluding hydrogens is 344 g/mol. The standard InChI is InChI=1S/C21H19ClN4/c22-18-7-3-1-6-17(18)21-20-16(15-5-2-4-8-19(15)24-20)10-12-26(21)13-14-9-11-23-25-14/h1-9,11,21,24H,10,12-13H2,(H,23,25)/t21-/m0/s1. The Hall–Kier alpha value is -2.56. The van der Waals surface area contributed by atoms with Crippen molar-refractivity contribution < 1.29 is 0 Å². The number of fused-ring (bicyclic) bond motifs is 3. The van der Waals surface area contributed by atoms with Gasteiger partial charge in [0.05, 0.1) is 6.04 Å². The van der Waals surface area contributed by atoms with Gasteiger partial charge in [-0.15, -0.1) is 0 Å². The molecule has 5 heteroatoms. The molecule has 2 N–H and O–H groups in total. The van der Waals surface area contributed by atoms with E-state index in [2.05, 4.69) is 56.5 Å². The number of halogens is 1. The van der Waals surface area contributed by atoms with Crippen molar-refractivity contribution in [3.8, 4) is 0 Å². The monoisotopic (exact) mass is 362 g/mol. The molecule has 0 radical (unpaired) electrons. The quantitative estimate of drug-likeness (QED) is 0.555. The number of H-pyrrole nitrogens is 2. The molecule has 0 bridgehead atoms. The van der Waals surface area contributed by atoms with Crippen molar-refractivity contribution >= 4 is 22.5 Å². The number of nitrogens with one attached hydrogen (secondary N) is 2. The summed E-state index contributed by atoms with van der Waals surface area (Å²) < 4.78 is 0. The van der Waals surface area contributed by atoms with E-state index in [9.17, 15) is 0 Å². The molecule has 4 nitrogen and oxygen atoms in total. The predicted molar refractivity (Wildman–Crippen MR) is 104 cm³/mol. The fourth-order valence-corrected chi connectivity index (χ4v) is 4.34. The summed E-state index contributed by atoms with van der Waals surface area (Å²) in [5, 5.41) is 9.31. The summed E-state index contributed by atoms with van der Waals surface area (Å²) >= 11 is 6.61. The molecule has 130 valence electrons. The highest BCUT2D eigenvalue weighted by atomic mass is 35.5. The van der Waals surface area contributed by atoms with E-state index < -0.39 is 0 Å². The first-order chi connectivity index (χ1) is 12.8. The van der Waals surface area contributed by atoms with Crippen molar-refractivity contribution in [1.82, 2.24) is 20.1 Å². The van der Waals surface area contributed by atoms with Gasteiger partial charge in [0.1, 0.15) is 0 Å². The van der Waals surface area contributed by atoms with Gasteiger partial charge in [0, 0.05) is 46.6 Å². The minimum absolute atomic E-state index is 0.100. The Morgan fingerprint density at radius 2 is 1.92 bits per heavy atom. The Bertz CT molecular complexity index is 1050. The number of hydrogen-bond donors (Lipinski definition) is 2. The highest BCUT2D eigenvalue weighted by molar-refractivity contribution is 6.31. The molecule has 0 aliphatic carbocycles. The number of hydrogen-bond acceptors (Lipinski definition) is 2. The van der Waals surface area contributed by atoms with Crippen LogP contribution in [0, 0.1) is 0 Å². The number of aromatic amines is 2. The van der Waals surface area contributed by atoms with Crippen LogP contribution in [0.2, 0.25) is 5.02 Å². The van der Waals surface area contributed by atoms with Crippen LogP contribution in [0.15, 0.2) is 60.8 Å². The summed E-state index contributed by atoms with van der Waals surface area (Å²) in [7, 11) is 0. The molecule has 0 unspecified atom stereocenters. The number of para-hydroxylation sites is 1. The van der Waals surface area contributed by atoms with Crippen LogP contribution in [0.1, 0.15) is 28.6 Å². The van der Waals surface area contributed by atoms with Crippen molar-refractivity contribution in [1.29, 1.82) is 0 Å². The Kier molecular flexibility index (Phi) is 3.80. The van der Waals surface area contributed by atoms with E-state index in [4.69, 9.17) is 11.6 Å². The number of aromatic nitrogens is 3. The second-order valence-corrected chi connectivity index (χ2v) is 7.20. The molecule has 26 heavy (non-hydrogen) atoms. The Labute approximate surface area is 156 Å². The Morgan fingerprint density at radius 3 is 2.77 bits per heavy atom. The zero-order chi connectivity index (χ0) is 17.5. The molecule has 1 aliphatic heterocycles. The molecule has 0 saturated heterocycles. The van der Waals surface area contributed by atoms with Gasteiger partial charge in [-0.25, -0.2) is 0 Å². The third-order valence-electron chi connectivity index (χ3n) is 5.27. The van der Waals surface area contributed by atoms with Crippen LogP contribution in [0.3, 0.4) is 0 Å². The van der Waals surface area contributed by atoms with Crippen molar-refractivity contribution in [3.63, 3.8) is 0 Å². The van der Waals surface area contributed by atoms with Crippen LogP contribution in [0.4, 0.5) is 0 Å². The lowest BCUT2D eigenvalue weighted by Gasteiger charge is -2.36. The first-order valence-electron chi connectivity index (χ1n) is 8.87. The van der Waals surface area contributed by atoms with Gasteiger partial charge in [-0.2, -0.15) is 5.10 Å². The van der Waals surface area contributed by atoms with Gasteiger partial charge >= 0.3 is 0 Å². The number of rotatable bonds is 3. The summed E-state index contributed by atoms with van der Waals surface area (Å²) in [6.07, 6.45) is 2.83. The average molecular weight is 363 g/mol. The summed E-state index contributed by atoms with van der Waals surface area (Å²) in [4.78, 5) is 6.14. The Morgan fingerprint density at radius 1 is 1.08 bits per heavy atom. The molecule has 0 amide bonds. The highest BCUT2D eigenvalue weighted by Gasteiger charge is 2.32. The molecule has 2 aromatic carbocycles. The van der Waals surface area contributed by atoms with E-state index in [1.54, 1.807) is 6.20 Å². The molecule has 5 rings (SSSR count). The van der Waals surface area contributed by atoms with E-state index in [1.165, 1.54) is 22.2 Å². The molecule has 0 fully saturated rings. The molecule has 1 aliphatic rings. The summed E-state index contributed by atoms with van der Waals surface area (Å²) in [5.74, 6) is 0. The normalized spacial score (nSPS) is 17.5. The zero-order valence-electron chi connectivity index (χ0n) is 14.2. The lowest BCUT2D eigenvalue weighted by Crippen LogP contribution is -2.35. The lowest BCUT2D eigenvalue weighted by molar-refractivity contribution is 0.199. The van der Waals surface area contributed by atoms with Crippen molar-refractivity contribution in [2.24, 2.45) is 0 Å². The summed E-state index contributed by atoms with van der Waals surface area (Å²) in [5.41, 5.74) is 6.11. The van der Waals surface area contributed by atoms with Gasteiger partial charge < -0.3 is 4.98 Å². The van der Waals surface area contributed by atoms with E-state index in [-0.39, 0.29) is 6.04 Å². The van der Waals surface area contributed by atoms with Gasteiger partial charge in [-0.1, -0.05) is 48.0 Å². The fourth-order valence-electron chi connectivity index (χ4n) is 4.10. The minimum atomic E-state index is 0.100. The zero-order valence-corrected chi connectivity index (χ0v) is 15.0. The largest absolute Gasteiger partial charge is 0.357 e. The van der Waals surface area contributed by atoms with E-state index >= 15 is 0 Å². The topological polar surface area (TPSA) is 47.7 Å². The molecule has 2 aromatic heterocycles. The van der Waals surface area contributed by atoms with Crippen LogP contribution in [-0.2, 0) is 13.0 Å². The van der Waals surface area contributed by atoms with Crippen LogP contribution < -0.4 is 0 Å². The van der Waals surface area contributed by atoms with Crippen molar-refractivity contribution in [2.75, 3.05) is 6.54 Å². The first-order valence-corrected chi connectivity index (χ1v) is 9.25. The maximum atomic E-state index is 6.61. The highest BCUT2D eigenvalue weighted by Crippen LogP contribution is 2.40. The van der Waals surface area contributed by atoms with Gasteiger partial charge in [0.25, 0.3) is 0 Å². The van der Waals surface area contributed by atoms with Crippen molar-refractivity contribution in [2.45, 2.75) is 19.0 Å². The van der Waals surface area contributed by atoms with E-state index in [0.29, 0.717) is 0 Å². The second-order valence-electron chi connectivity index (χ2n) is 6.79. The predicted octanol–water partition coefficient (Wildman–Crippen LogP) is 4.69. The van der Waals surface area contributed by atoms with Crippen molar-refractivity contribution in [3.05, 3.63) is 88.3 Å². The van der Waals surface area contributed by atoms with Gasteiger partial charge in [-0.05, 0) is 35.7 Å². The van der Waals surface area contributed by atoms with Crippen LogP contribution in [-0.4, -0.2) is 26.6 Å². The van der Waals surface area contributed by atoms with E-state index in [0.717, 1.165) is 35.8 Å². The summed E-state index contributed by atoms with van der Waals surface area (Å²) in [6.45, 7) is 1.79. The maximum absolute atomic E-state index is 6.61. The van der Waals surface area contributed by atoms with Gasteiger partial charge in [-0.3, -0.25) is 10.00 Å². The van der Waals surface area contributed by atoms with Gasteiger partial charge in [0.15, 0.2) is 0 Å². The van der Waals surface area contributed by atoms with Crippen LogP contribution in [0.25, 0.3) is 10.9 Å². The third kappa shape index (κ3) is 2.54. The first kappa shape index (κ1) is 15.7. The minimum Gasteiger partial charge on any atom is -0.357 e. The molecule has 1 atom stereocenters. The van der Waals surface area contributed by atoms with E-state index in [1.807, 2.05) is 18.2 Å². The third-order valence-corrected chi connectivity index (χ3v) is 5.61. The van der Waals surface area contributed by atoms with Crippen LogP contribution in [0.5, 0.6) is 0 Å². The number of nitrogens with zero attached hydrogens (tertiary/aromatic N) is 2. The Balaban J connectivity index is 1.67. The molecule has 0 saturated carbocycles. The fraction of sp³-hybridized carbons (Fsp3) is 0.190. The molecule has 4 aromatic rings. The molecular formula is C21H19ClN4. The van der Waals surface area contributed by atoms with Crippen LogP contribution >= 0.6 is 11.6 Å². The number of benzene rings is 2. The molecule has 3 heterocycles. The average Bonchev–Trinajstić information content (AvgIpc) is 3.30. The smallest absolute Gasteiger partial charge is 0.0775 e. The lowest BCUT2D eigenvalue weighted by atomic mass is 9.92.